The molecule has 0 aromatic heterocycles. The molecule has 0 bridgehead atoms. The molecule has 0 aliphatic carbocycles. The third kappa shape index (κ3) is 6.44. The molecule has 1 unspecified atom stereocenters. The Morgan fingerprint density at radius 3 is 2.24 bits per heavy atom. The molecule has 2 aromatic carbocycles. The third-order valence-electron chi connectivity index (χ3n) is 2.72. The van der Waals surface area contributed by atoms with E-state index in [1.807, 2.05) is 0 Å². The number of aromatic carboxylic acids is 1. The summed E-state index contributed by atoms with van der Waals surface area (Å²) < 4.78 is 24.1. The zero-order valence-electron chi connectivity index (χ0n) is 13.0. The van der Waals surface area contributed by atoms with Crippen molar-refractivity contribution in [3.8, 4) is 5.75 Å². The van der Waals surface area contributed by atoms with E-state index in [1.54, 1.807) is 6.07 Å². The van der Waals surface area contributed by atoms with Gasteiger partial charge in [0, 0.05) is 0 Å². The summed E-state index contributed by atoms with van der Waals surface area (Å²) in [4.78, 5) is 21.0. The van der Waals surface area contributed by atoms with Crippen molar-refractivity contribution in [1.29, 1.82) is 0 Å². The number of carboxylic acids is 1. The quantitative estimate of drug-likeness (QED) is 0.280. The molecule has 2 aromatic rings. The van der Waals surface area contributed by atoms with E-state index in [-0.39, 0.29) is 27.3 Å². The van der Waals surface area contributed by atoms with Crippen LogP contribution in [0.2, 0.25) is 0 Å². The number of anilines is 1. The minimum Gasteiger partial charge on any atom is -0.508 e. The second-order valence-electron chi connectivity index (χ2n) is 4.66. The first-order valence-electron chi connectivity index (χ1n) is 6.73. The van der Waals surface area contributed by atoms with E-state index >= 15 is 0 Å². The number of carbonyl (C=O) groups excluding carboxylic acids is 1. The first-order chi connectivity index (χ1) is 11.7. The van der Waals surface area contributed by atoms with Gasteiger partial charge in [0.15, 0.2) is 0 Å². The number of nitrogens with one attached hydrogen (secondary N) is 1. The zero-order chi connectivity index (χ0) is 19.0. The maximum Gasteiger partial charge on any atom is 0.335 e. The summed E-state index contributed by atoms with van der Waals surface area (Å²) in [5, 5.41) is 27.9. The van der Waals surface area contributed by atoms with Gasteiger partial charge in [0.05, 0.1) is 5.56 Å². The molecular formula is C15H16AsNO8. The number of para-hydroxylation sites is 1. The van der Waals surface area contributed by atoms with Crippen LogP contribution in [0.5, 0.6) is 5.75 Å². The normalized spacial score (nSPS) is 12.3. The Bertz CT molecular complexity index is 808. The second kappa shape index (κ2) is 9.05. The van der Waals surface area contributed by atoms with Crippen molar-refractivity contribution in [3.05, 3.63) is 54.1 Å². The minimum atomic E-state index is -4.92. The molecule has 134 valence electrons. The number of rotatable bonds is 4. The molecular weight excluding hydrogens is 397 g/mol. The van der Waals surface area contributed by atoms with Gasteiger partial charge in [-0.25, -0.2) is 4.79 Å². The topological polar surface area (TPSA) is 153 Å². The summed E-state index contributed by atoms with van der Waals surface area (Å²) >= 11 is -4.92. The molecule has 10 heteroatoms. The monoisotopic (exact) mass is 413 g/mol. The van der Waals surface area contributed by atoms with E-state index < -0.39 is 20.1 Å². The Labute approximate surface area is 145 Å². The van der Waals surface area contributed by atoms with Crippen LogP contribution in [0, 0.1) is 0 Å². The molecule has 0 radical (unpaired) electrons. The van der Waals surface area contributed by atoms with Crippen molar-refractivity contribution < 1.29 is 36.8 Å². The maximum absolute atomic E-state index is 11.4. The van der Waals surface area contributed by atoms with E-state index in [4.69, 9.17) is 15.5 Å². The number of phenolic OH excluding ortho intramolecular Hbond substituents is 1. The van der Waals surface area contributed by atoms with Crippen LogP contribution in [-0.4, -0.2) is 45.6 Å². The Kier molecular flexibility index (Phi) is 7.40. The Hall–Kier alpha value is -2.58. The summed E-state index contributed by atoms with van der Waals surface area (Å²) in [6, 6.07) is 11.4. The van der Waals surface area contributed by atoms with Crippen molar-refractivity contribution in [2.24, 2.45) is 0 Å². The van der Waals surface area contributed by atoms with Crippen LogP contribution in [0.3, 0.4) is 0 Å². The van der Waals surface area contributed by atoms with Gasteiger partial charge in [-0.2, -0.15) is 0 Å². The first kappa shape index (κ1) is 20.5. The number of phenols is 1. The molecule has 0 heterocycles. The van der Waals surface area contributed by atoms with Gasteiger partial charge >= 0.3 is 94.4 Å². The van der Waals surface area contributed by atoms with E-state index in [0.717, 1.165) is 0 Å². The van der Waals surface area contributed by atoms with Crippen molar-refractivity contribution in [2.75, 3.05) is 5.32 Å². The molecule has 2 rings (SSSR count). The van der Waals surface area contributed by atoms with Gasteiger partial charge in [-0.05, 0) is 18.2 Å². The van der Waals surface area contributed by atoms with Crippen LogP contribution >= 0.6 is 0 Å². The maximum atomic E-state index is 11.4. The van der Waals surface area contributed by atoms with Crippen molar-refractivity contribution in [1.82, 2.24) is 0 Å². The molecule has 1 amide bonds. The fraction of sp³-hybridized carbons (Fsp3) is 0.0667. The molecule has 25 heavy (non-hydrogen) atoms. The summed E-state index contributed by atoms with van der Waals surface area (Å²) in [5.41, 5.74) is 0.254. The number of benzene rings is 2. The second-order valence-corrected chi connectivity index (χ2v) is 8.19. The van der Waals surface area contributed by atoms with Gasteiger partial charge in [-0.3, -0.25) is 0 Å². The van der Waals surface area contributed by atoms with Gasteiger partial charge in [0.1, 0.15) is 5.75 Å². The van der Waals surface area contributed by atoms with Gasteiger partial charge in [-0.1, -0.05) is 6.07 Å². The summed E-state index contributed by atoms with van der Waals surface area (Å²) in [6.07, 6.45) is 0. The molecule has 0 fully saturated rings. The summed E-state index contributed by atoms with van der Waals surface area (Å²) in [6.45, 7) is 1.27. The van der Waals surface area contributed by atoms with Crippen molar-refractivity contribution in [3.63, 3.8) is 0 Å². The largest absolute Gasteiger partial charge is 0.508 e. The molecule has 0 aliphatic rings. The van der Waals surface area contributed by atoms with Crippen LogP contribution in [-0.2, 0) is 12.4 Å². The summed E-state index contributed by atoms with van der Waals surface area (Å²) in [5.74, 6) is -1.44. The van der Waals surface area contributed by atoms with E-state index in [2.05, 4.69) is 9.19 Å². The summed E-state index contributed by atoms with van der Waals surface area (Å²) in [7, 11) is 0. The fourth-order valence-corrected chi connectivity index (χ4v) is 3.37. The third-order valence-corrected chi connectivity index (χ3v) is 5.28. The van der Waals surface area contributed by atoms with Gasteiger partial charge < -0.3 is 10.2 Å². The predicted octanol–water partition coefficient (Wildman–Crippen LogP) is 0.794. The van der Waals surface area contributed by atoms with E-state index in [1.165, 1.54) is 49.4 Å². The molecule has 0 aliphatic heterocycles. The van der Waals surface area contributed by atoms with Crippen molar-refractivity contribution in [2.45, 2.75) is 6.92 Å². The standard InChI is InChI=1S/C8H10AsNO5.C7H6O3/c1-6(11)10-8-5-3-2-4-7(8)9(12,13)15-14;8-6-3-1-2-5(4-6)7(9)10/h2-5,14H,1H3,(H,10,11)(H,12,13);1-4,8H,(H,9,10). The smallest absolute Gasteiger partial charge is 0.335 e. The Morgan fingerprint density at radius 2 is 1.76 bits per heavy atom. The number of amides is 1. The van der Waals surface area contributed by atoms with Gasteiger partial charge in [-0.15, -0.1) is 0 Å². The number of carboxylic acid groups (broad SMARTS) is 1. The van der Waals surface area contributed by atoms with Crippen LogP contribution in [0.15, 0.2) is 48.5 Å². The average Bonchev–Trinajstić information content (AvgIpc) is 2.55. The van der Waals surface area contributed by atoms with Gasteiger partial charge in [0.2, 0.25) is 0 Å². The Morgan fingerprint density at radius 1 is 1.12 bits per heavy atom. The zero-order valence-corrected chi connectivity index (χ0v) is 14.9. The predicted molar refractivity (Wildman–Crippen MR) is 87.8 cm³/mol. The average molecular weight is 413 g/mol. The molecule has 0 spiro atoms. The van der Waals surface area contributed by atoms with Crippen LogP contribution in [0.1, 0.15) is 17.3 Å². The molecule has 5 N–H and O–H groups in total. The van der Waals surface area contributed by atoms with Crippen molar-refractivity contribution >= 4 is 36.1 Å². The molecule has 0 saturated heterocycles. The molecule has 1 atom stereocenters. The number of hydrogen-bond donors (Lipinski definition) is 5. The van der Waals surface area contributed by atoms with Crippen LogP contribution in [0.25, 0.3) is 0 Å². The first-order valence-corrected chi connectivity index (χ1v) is 10.0. The number of hydrogen-bond acceptors (Lipinski definition) is 6. The van der Waals surface area contributed by atoms with Crippen LogP contribution in [0.4, 0.5) is 5.69 Å². The van der Waals surface area contributed by atoms with Gasteiger partial charge in [0.25, 0.3) is 0 Å². The van der Waals surface area contributed by atoms with Crippen LogP contribution < -0.4 is 9.67 Å². The molecule has 9 nitrogen and oxygen atoms in total. The fourth-order valence-electron chi connectivity index (χ4n) is 1.70. The molecule has 0 saturated carbocycles. The number of carbonyl (C=O) groups is 2. The van der Waals surface area contributed by atoms with E-state index in [0.29, 0.717) is 0 Å². The Balaban J connectivity index is 0.000000271. The SMILES string of the molecule is CC(=O)Nc1ccccc1[As](=O)(O)OO.O=C(O)c1cccc(O)c1. The number of aromatic hydroxyl groups is 1. The van der Waals surface area contributed by atoms with E-state index in [9.17, 15) is 17.4 Å². The minimum absolute atomic E-state index is 0.0279.